The molecule has 0 spiro atoms. The molecular weight excluding hydrogens is 176 g/mol. The molecule has 2 heterocycles. The molecular formula is C12H24O2. The zero-order chi connectivity index (χ0) is 11.0. The van der Waals surface area contributed by atoms with Crippen LogP contribution < -0.4 is 0 Å². The highest BCUT2D eigenvalue weighted by Crippen LogP contribution is 2.30. The van der Waals surface area contributed by atoms with Crippen LogP contribution in [0.5, 0.6) is 0 Å². The number of rotatable bonds is 1. The Kier molecular flexibility index (Phi) is 7.81. The average Bonchev–Trinajstić information content (AvgIpc) is 2.85. The van der Waals surface area contributed by atoms with Crippen LogP contribution in [0.15, 0.2) is 12.7 Å². The molecule has 0 aromatic heterocycles. The van der Waals surface area contributed by atoms with E-state index in [9.17, 15) is 0 Å². The Morgan fingerprint density at radius 2 is 1.79 bits per heavy atom. The first-order valence-corrected chi connectivity index (χ1v) is 5.77. The number of ether oxygens (including phenoxy) is 2. The van der Waals surface area contributed by atoms with E-state index in [1.165, 1.54) is 0 Å². The summed E-state index contributed by atoms with van der Waals surface area (Å²) >= 11 is 0. The monoisotopic (exact) mass is 200 g/mol. The smallest absolute Gasteiger partial charge is 0.0921 e. The summed E-state index contributed by atoms with van der Waals surface area (Å²) in [5, 5.41) is 0. The number of fused-ring (bicyclic) bond motifs is 1. The van der Waals surface area contributed by atoms with Gasteiger partial charge in [-0.15, -0.1) is 6.58 Å². The van der Waals surface area contributed by atoms with Gasteiger partial charge in [0.2, 0.25) is 0 Å². The molecule has 0 aliphatic carbocycles. The van der Waals surface area contributed by atoms with Gasteiger partial charge in [-0.1, -0.05) is 33.8 Å². The summed E-state index contributed by atoms with van der Waals surface area (Å²) in [7, 11) is 0. The Morgan fingerprint density at radius 1 is 1.14 bits per heavy atom. The van der Waals surface area contributed by atoms with Gasteiger partial charge in [0.25, 0.3) is 0 Å². The first-order chi connectivity index (χ1) is 6.92. The highest BCUT2D eigenvalue weighted by Gasteiger charge is 2.39. The van der Waals surface area contributed by atoms with Crippen LogP contribution in [0.4, 0.5) is 0 Å². The average molecular weight is 200 g/mol. The summed E-state index contributed by atoms with van der Waals surface area (Å²) in [6.07, 6.45) is 3.69. The minimum atomic E-state index is 0.317. The van der Waals surface area contributed by atoms with Crippen molar-refractivity contribution in [1.29, 1.82) is 0 Å². The second-order valence-corrected chi connectivity index (χ2v) is 2.90. The van der Waals surface area contributed by atoms with E-state index in [-0.39, 0.29) is 0 Å². The third kappa shape index (κ3) is 3.10. The van der Waals surface area contributed by atoms with E-state index in [0.717, 1.165) is 19.6 Å². The molecule has 2 rings (SSSR count). The first-order valence-electron chi connectivity index (χ1n) is 5.77. The Labute approximate surface area is 88.3 Å². The summed E-state index contributed by atoms with van der Waals surface area (Å²) in [5.74, 6) is 0.437. The molecule has 2 aliphatic heterocycles. The Balaban J connectivity index is 0.000000379. The third-order valence-electron chi connectivity index (χ3n) is 2.31. The third-order valence-corrected chi connectivity index (χ3v) is 2.31. The topological polar surface area (TPSA) is 18.5 Å². The maximum atomic E-state index is 5.48. The van der Waals surface area contributed by atoms with Gasteiger partial charge in [-0.05, 0) is 6.42 Å². The number of hydrogen-bond donors (Lipinski definition) is 0. The summed E-state index contributed by atoms with van der Waals surface area (Å²) in [4.78, 5) is 0. The highest BCUT2D eigenvalue weighted by atomic mass is 16.6. The van der Waals surface area contributed by atoms with Crippen molar-refractivity contribution in [2.24, 2.45) is 5.92 Å². The van der Waals surface area contributed by atoms with Gasteiger partial charge in [-0.3, -0.25) is 0 Å². The van der Waals surface area contributed by atoms with Crippen molar-refractivity contribution in [3.8, 4) is 0 Å². The largest absolute Gasteiger partial charge is 0.375 e. The summed E-state index contributed by atoms with van der Waals surface area (Å²) in [6, 6.07) is 0. The van der Waals surface area contributed by atoms with Crippen LogP contribution in [-0.4, -0.2) is 25.4 Å². The van der Waals surface area contributed by atoms with E-state index in [1.807, 2.05) is 33.8 Å². The van der Waals surface area contributed by atoms with Crippen molar-refractivity contribution in [2.75, 3.05) is 13.2 Å². The zero-order valence-electron chi connectivity index (χ0n) is 9.95. The van der Waals surface area contributed by atoms with Gasteiger partial charge >= 0.3 is 0 Å². The fraction of sp³-hybridized carbons (Fsp3) is 0.833. The van der Waals surface area contributed by atoms with Crippen LogP contribution in [-0.2, 0) is 9.47 Å². The number of hydrogen-bond acceptors (Lipinski definition) is 2. The predicted octanol–water partition coefficient (Wildman–Crippen LogP) is 3.03. The van der Waals surface area contributed by atoms with Crippen LogP contribution in [0.25, 0.3) is 0 Å². The van der Waals surface area contributed by atoms with Crippen LogP contribution in [0.3, 0.4) is 0 Å². The molecule has 0 bridgehead atoms. The summed E-state index contributed by atoms with van der Waals surface area (Å²) in [5.41, 5.74) is 0. The van der Waals surface area contributed by atoms with Gasteiger partial charge in [0.1, 0.15) is 0 Å². The van der Waals surface area contributed by atoms with E-state index in [1.54, 1.807) is 0 Å². The van der Waals surface area contributed by atoms with Crippen LogP contribution in [0.1, 0.15) is 34.1 Å². The first kappa shape index (κ1) is 13.7. The molecule has 0 aromatic rings. The van der Waals surface area contributed by atoms with Crippen molar-refractivity contribution >= 4 is 0 Å². The molecule has 3 atom stereocenters. The van der Waals surface area contributed by atoms with E-state index < -0.39 is 0 Å². The standard InChI is InChI=1S/C8H12O2.2C2H6/c1-2-6-5-10-7-3-4-9-8(6)7;2*1-2/h2,6-8H,1,3-5H2;2*1-2H3/t6-,7-,8-;;/m1../s1. The van der Waals surface area contributed by atoms with Crippen LogP contribution >= 0.6 is 0 Å². The Morgan fingerprint density at radius 3 is 2.36 bits per heavy atom. The fourth-order valence-electron chi connectivity index (χ4n) is 1.70. The maximum absolute atomic E-state index is 5.48. The second-order valence-electron chi connectivity index (χ2n) is 2.90. The zero-order valence-corrected chi connectivity index (χ0v) is 9.95. The maximum Gasteiger partial charge on any atom is 0.0921 e. The van der Waals surface area contributed by atoms with Gasteiger partial charge in [0.15, 0.2) is 0 Å². The van der Waals surface area contributed by atoms with E-state index in [2.05, 4.69) is 6.58 Å². The van der Waals surface area contributed by atoms with Gasteiger partial charge in [0, 0.05) is 12.5 Å². The second kappa shape index (κ2) is 8.01. The van der Waals surface area contributed by atoms with Gasteiger partial charge < -0.3 is 9.47 Å². The minimum absolute atomic E-state index is 0.317. The molecule has 2 nitrogen and oxygen atoms in total. The van der Waals surface area contributed by atoms with Crippen molar-refractivity contribution in [3.63, 3.8) is 0 Å². The molecule has 2 heteroatoms. The van der Waals surface area contributed by atoms with E-state index >= 15 is 0 Å². The van der Waals surface area contributed by atoms with Gasteiger partial charge in [-0.25, -0.2) is 0 Å². The van der Waals surface area contributed by atoms with E-state index in [0.29, 0.717) is 18.1 Å². The highest BCUT2D eigenvalue weighted by molar-refractivity contribution is 4.96. The molecule has 0 unspecified atom stereocenters. The predicted molar refractivity (Wildman–Crippen MR) is 60.5 cm³/mol. The van der Waals surface area contributed by atoms with Gasteiger partial charge in [-0.2, -0.15) is 0 Å². The molecule has 0 radical (unpaired) electrons. The molecule has 14 heavy (non-hydrogen) atoms. The van der Waals surface area contributed by atoms with Crippen LogP contribution in [0.2, 0.25) is 0 Å². The van der Waals surface area contributed by atoms with Crippen molar-refractivity contribution in [2.45, 2.75) is 46.3 Å². The van der Waals surface area contributed by atoms with Crippen LogP contribution in [0, 0.1) is 5.92 Å². The van der Waals surface area contributed by atoms with E-state index in [4.69, 9.17) is 9.47 Å². The molecule has 2 fully saturated rings. The molecule has 0 N–H and O–H groups in total. The lowest BCUT2D eigenvalue weighted by Crippen LogP contribution is -2.20. The normalized spacial score (nSPS) is 33.3. The lowest BCUT2D eigenvalue weighted by molar-refractivity contribution is 0.0685. The quantitative estimate of drug-likeness (QED) is 0.606. The minimum Gasteiger partial charge on any atom is -0.375 e. The molecule has 0 aromatic carbocycles. The Hall–Kier alpha value is -0.340. The van der Waals surface area contributed by atoms with Crippen molar-refractivity contribution in [1.82, 2.24) is 0 Å². The molecule has 84 valence electrons. The van der Waals surface area contributed by atoms with Gasteiger partial charge in [0.05, 0.1) is 18.8 Å². The molecule has 2 saturated heterocycles. The lowest BCUT2D eigenvalue weighted by Gasteiger charge is -2.10. The molecule has 0 saturated carbocycles. The molecule has 2 aliphatic rings. The van der Waals surface area contributed by atoms with Crippen molar-refractivity contribution < 1.29 is 9.47 Å². The summed E-state index contributed by atoms with van der Waals surface area (Å²) < 4.78 is 11.0. The summed E-state index contributed by atoms with van der Waals surface area (Å²) in [6.45, 7) is 13.4. The SMILES string of the molecule is C=C[C@@H]1CO[C@@H]2CCO[C@H]12.CC.CC. The molecule has 0 amide bonds. The Bertz CT molecular complexity index is 145. The fourth-order valence-corrected chi connectivity index (χ4v) is 1.70. The lowest BCUT2D eigenvalue weighted by atomic mass is 10.0. The van der Waals surface area contributed by atoms with Crippen molar-refractivity contribution in [3.05, 3.63) is 12.7 Å².